The maximum atomic E-state index is 12.0. The standard InChI is InChI=1S/C11H19NO4/c1-3-9(16-2)11(15)12-6-4-5-8(12)7-10(13)14/h8-9H,3-7H2,1-2H3,(H,13,14). The number of hydrogen-bond donors (Lipinski definition) is 1. The number of methoxy groups -OCH3 is 1. The van der Waals surface area contributed by atoms with Crippen LogP contribution < -0.4 is 0 Å². The molecule has 1 heterocycles. The second kappa shape index (κ2) is 5.84. The number of carbonyl (C=O) groups is 2. The summed E-state index contributed by atoms with van der Waals surface area (Å²) in [6, 6.07) is -0.158. The van der Waals surface area contributed by atoms with Crippen LogP contribution in [0, 0.1) is 0 Å². The third-order valence-corrected chi connectivity index (χ3v) is 3.00. The summed E-state index contributed by atoms with van der Waals surface area (Å²) >= 11 is 0. The molecule has 5 nitrogen and oxygen atoms in total. The van der Waals surface area contributed by atoms with Crippen LogP contribution in [0.5, 0.6) is 0 Å². The van der Waals surface area contributed by atoms with Crippen LogP contribution in [0.25, 0.3) is 0 Å². The highest BCUT2D eigenvalue weighted by Gasteiger charge is 2.33. The molecular weight excluding hydrogens is 210 g/mol. The van der Waals surface area contributed by atoms with Crippen molar-refractivity contribution in [3.05, 3.63) is 0 Å². The van der Waals surface area contributed by atoms with Gasteiger partial charge < -0.3 is 14.7 Å². The molecule has 0 bridgehead atoms. The van der Waals surface area contributed by atoms with Gasteiger partial charge in [-0.1, -0.05) is 6.92 Å². The highest BCUT2D eigenvalue weighted by Crippen LogP contribution is 2.22. The van der Waals surface area contributed by atoms with Crippen LogP contribution in [0.3, 0.4) is 0 Å². The molecule has 1 rings (SSSR count). The number of carboxylic acid groups (broad SMARTS) is 1. The summed E-state index contributed by atoms with van der Waals surface area (Å²) in [7, 11) is 1.51. The molecule has 1 N–H and O–H groups in total. The van der Waals surface area contributed by atoms with E-state index in [9.17, 15) is 9.59 Å². The Hall–Kier alpha value is -1.10. The minimum Gasteiger partial charge on any atom is -0.481 e. The summed E-state index contributed by atoms with van der Waals surface area (Å²) in [4.78, 5) is 24.3. The molecular formula is C11H19NO4. The molecule has 0 aromatic rings. The van der Waals surface area contributed by atoms with Gasteiger partial charge in [0.15, 0.2) is 0 Å². The molecule has 5 heteroatoms. The monoisotopic (exact) mass is 229 g/mol. The first-order valence-electron chi connectivity index (χ1n) is 5.65. The van der Waals surface area contributed by atoms with Crippen LogP contribution in [-0.4, -0.2) is 47.7 Å². The van der Waals surface area contributed by atoms with E-state index in [1.54, 1.807) is 4.90 Å². The smallest absolute Gasteiger partial charge is 0.305 e. The molecule has 0 saturated carbocycles. The average Bonchev–Trinajstić information content (AvgIpc) is 2.66. The normalized spacial score (nSPS) is 22.1. The van der Waals surface area contributed by atoms with Gasteiger partial charge in [0.2, 0.25) is 0 Å². The van der Waals surface area contributed by atoms with Crippen molar-refractivity contribution in [2.45, 2.75) is 44.8 Å². The summed E-state index contributed by atoms with van der Waals surface area (Å²) in [5.74, 6) is -0.927. The fourth-order valence-electron chi connectivity index (χ4n) is 2.17. The van der Waals surface area contributed by atoms with Crippen molar-refractivity contribution in [1.29, 1.82) is 0 Å². The Morgan fingerprint density at radius 1 is 1.56 bits per heavy atom. The van der Waals surface area contributed by atoms with E-state index < -0.39 is 12.1 Å². The third kappa shape index (κ3) is 2.95. The van der Waals surface area contributed by atoms with E-state index in [-0.39, 0.29) is 18.4 Å². The highest BCUT2D eigenvalue weighted by molar-refractivity contribution is 5.82. The Bertz CT molecular complexity index is 263. The average molecular weight is 229 g/mol. The number of rotatable bonds is 5. The zero-order chi connectivity index (χ0) is 12.1. The lowest BCUT2D eigenvalue weighted by Crippen LogP contribution is -2.43. The highest BCUT2D eigenvalue weighted by atomic mass is 16.5. The first-order valence-corrected chi connectivity index (χ1v) is 5.65. The number of aliphatic carboxylic acids is 1. The van der Waals surface area contributed by atoms with Gasteiger partial charge in [0.1, 0.15) is 6.10 Å². The molecule has 92 valence electrons. The number of likely N-dealkylation sites (tertiary alicyclic amines) is 1. The van der Waals surface area contributed by atoms with Gasteiger partial charge in [0.05, 0.1) is 6.42 Å². The predicted molar refractivity (Wildman–Crippen MR) is 58.1 cm³/mol. The summed E-state index contributed by atoms with van der Waals surface area (Å²) in [6.07, 6.45) is 1.87. The number of nitrogens with zero attached hydrogens (tertiary/aromatic N) is 1. The molecule has 1 aliphatic heterocycles. The Balaban J connectivity index is 2.63. The molecule has 0 spiro atoms. The first kappa shape index (κ1) is 13.0. The quantitative estimate of drug-likeness (QED) is 0.759. The topological polar surface area (TPSA) is 66.8 Å². The van der Waals surface area contributed by atoms with Crippen molar-refractivity contribution >= 4 is 11.9 Å². The maximum absolute atomic E-state index is 12.0. The van der Waals surface area contributed by atoms with Crippen LogP contribution in [0.4, 0.5) is 0 Å². The van der Waals surface area contributed by atoms with E-state index in [0.717, 1.165) is 12.8 Å². The van der Waals surface area contributed by atoms with E-state index >= 15 is 0 Å². The second-order valence-electron chi connectivity index (χ2n) is 4.06. The molecule has 0 aromatic heterocycles. The SMILES string of the molecule is CCC(OC)C(=O)N1CCCC1CC(=O)O. The van der Waals surface area contributed by atoms with Crippen molar-refractivity contribution in [3.63, 3.8) is 0 Å². The summed E-state index contributed by atoms with van der Waals surface area (Å²) in [5.41, 5.74) is 0. The van der Waals surface area contributed by atoms with Crippen LogP contribution in [0.15, 0.2) is 0 Å². The minimum absolute atomic E-state index is 0.0336. The summed E-state index contributed by atoms with van der Waals surface area (Å²) < 4.78 is 5.09. The van der Waals surface area contributed by atoms with Crippen molar-refractivity contribution < 1.29 is 19.4 Å². The number of carbonyl (C=O) groups excluding carboxylic acids is 1. The molecule has 1 fully saturated rings. The van der Waals surface area contributed by atoms with Gasteiger partial charge in [-0.15, -0.1) is 0 Å². The predicted octanol–water partition coefficient (Wildman–Crippen LogP) is 0.877. The molecule has 2 unspecified atom stereocenters. The number of hydrogen-bond acceptors (Lipinski definition) is 3. The van der Waals surface area contributed by atoms with Crippen LogP contribution in [-0.2, 0) is 14.3 Å². The number of ether oxygens (including phenoxy) is 1. The Labute approximate surface area is 95.4 Å². The van der Waals surface area contributed by atoms with Crippen molar-refractivity contribution in [1.82, 2.24) is 4.90 Å². The van der Waals surface area contributed by atoms with Crippen molar-refractivity contribution in [2.24, 2.45) is 0 Å². The third-order valence-electron chi connectivity index (χ3n) is 3.00. The van der Waals surface area contributed by atoms with Gasteiger partial charge in [0, 0.05) is 19.7 Å². The van der Waals surface area contributed by atoms with Crippen molar-refractivity contribution in [2.75, 3.05) is 13.7 Å². The fourth-order valence-corrected chi connectivity index (χ4v) is 2.17. The van der Waals surface area contributed by atoms with Gasteiger partial charge in [-0.25, -0.2) is 0 Å². The maximum Gasteiger partial charge on any atom is 0.305 e. The van der Waals surface area contributed by atoms with Gasteiger partial charge >= 0.3 is 5.97 Å². The number of carboxylic acids is 1. The molecule has 2 atom stereocenters. The van der Waals surface area contributed by atoms with E-state index in [1.165, 1.54) is 7.11 Å². The van der Waals surface area contributed by atoms with Crippen LogP contribution in [0.1, 0.15) is 32.6 Å². The molecule has 16 heavy (non-hydrogen) atoms. The molecule has 0 radical (unpaired) electrons. The van der Waals surface area contributed by atoms with E-state index in [4.69, 9.17) is 9.84 Å². The fraction of sp³-hybridized carbons (Fsp3) is 0.818. The molecule has 1 amide bonds. The minimum atomic E-state index is -0.852. The zero-order valence-electron chi connectivity index (χ0n) is 9.81. The molecule has 0 aromatic carbocycles. The summed E-state index contributed by atoms with van der Waals surface area (Å²) in [5, 5.41) is 8.76. The number of amides is 1. The molecule has 0 aliphatic carbocycles. The molecule has 1 saturated heterocycles. The van der Waals surface area contributed by atoms with Crippen LogP contribution >= 0.6 is 0 Å². The summed E-state index contributed by atoms with van der Waals surface area (Å²) in [6.45, 7) is 2.53. The lowest BCUT2D eigenvalue weighted by atomic mass is 10.1. The van der Waals surface area contributed by atoms with E-state index in [0.29, 0.717) is 13.0 Å². The first-order chi connectivity index (χ1) is 7.60. The van der Waals surface area contributed by atoms with Gasteiger partial charge in [-0.3, -0.25) is 9.59 Å². The van der Waals surface area contributed by atoms with Gasteiger partial charge in [-0.2, -0.15) is 0 Å². The lowest BCUT2D eigenvalue weighted by molar-refractivity contribution is -0.145. The Kier molecular flexibility index (Phi) is 4.73. The lowest BCUT2D eigenvalue weighted by Gasteiger charge is -2.26. The van der Waals surface area contributed by atoms with Crippen molar-refractivity contribution in [3.8, 4) is 0 Å². The Morgan fingerprint density at radius 2 is 2.25 bits per heavy atom. The molecule has 1 aliphatic rings. The van der Waals surface area contributed by atoms with Gasteiger partial charge in [-0.05, 0) is 19.3 Å². The Morgan fingerprint density at radius 3 is 2.75 bits per heavy atom. The van der Waals surface area contributed by atoms with E-state index in [2.05, 4.69) is 0 Å². The zero-order valence-corrected chi connectivity index (χ0v) is 9.81. The van der Waals surface area contributed by atoms with Crippen LogP contribution in [0.2, 0.25) is 0 Å². The largest absolute Gasteiger partial charge is 0.481 e. The van der Waals surface area contributed by atoms with Gasteiger partial charge in [0.25, 0.3) is 5.91 Å². The van der Waals surface area contributed by atoms with E-state index in [1.807, 2.05) is 6.92 Å². The second-order valence-corrected chi connectivity index (χ2v) is 4.06.